The molecule has 0 saturated carbocycles. The third-order valence-corrected chi connectivity index (χ3v) is 2.87. The first-order valence-corrected chi connectivity index (χ1v) is 6.02. The van der Waals surface area contributed by atoms with Crippen molar-refractivity contribution < 1.29 is 9.53 Å². The summed E-state index contributed by atoms with van der Waals surface area (Å²) in [7, 11) is 1.76. The van der Waals surface area contributed by atoms with Crippen molar-refractivity contribution in [1.82, 2.24) is 9.88 Å². The summed E-state index contributed by atoms with van der Waals surface area (Å²) < 4.78 is 5.75. The van der Waals surface area contributed by atoms with E-state index in [0.717, 1.165) is 0 Å². The Morgan fingerprint density at radius 1 is 1.67 bits per heavy atom. The molecule has 1 amide bonds. The van der Waals surface area contributed by atoms with Crippen LogP contribution in [0.5, 0.6) is 5.88 Å². The number of alkyl halides is 1. The number of aromatic nitrogens is 1. The van der Waals surface area contributed by atoms with Crippen LogP contribution in [0.2, 0.25) is 0 Å². The molecule has 0 saturated heterocycles. The van der Waals surface area contributed by atoms with Crippen LogP contribution in [0.4, 0.5) is 0 Å². The van der Waals surface area contributed by atoms with E-state index in [1.807, 2.05) is 6.92 Å². The number of likely N-dealkylation sites (N-methyl/N-ethyl adjacent to an activating group) is 1. The summed E-state index contributed by atoms with van der Waals surface area (Å²) in [4.78, 5) is 17.8. The Hall–Kier alpha value is -1.000. The summed E-state index contributed by atoms with van der Waals surface area (Å²) in [5.74, 6) is 0.349. The van der Waals surface area contributed by atoms with Crippen molar-refractivity contribution in [2.75, 3.05) is 13.6 Å². The highest BCUT2D eigenvalue weighted by molar-refractivity contribution is 6.20. The number of halogens is 2. The molecule has 2 rings (SSSR count). The van der Waals surface area contributed by atoms with Gasteiger partial charge < -0.3 is 9.64 Å². The van der Waals surface area contributed by atoms with Gasteiger partial charge in [0.05, 0.1) is 6.54 Å². The molecule has 0 fully saturated rings. The Labute approximate surface area is 118 Å². The average molecular weight is 291 g/mol. The SMILES string of the molecule is CC(Cl)CC1CN(C)C(=O)c2cccnc2O1.Cl. The fourth-order valence-electron chi connectivity index (χ4n) is 1.92. The number of nitrogens with zero attached hydrogens (tertiary/aromatic N) is 2. The zero-order valence-corrected chi connectivity index (χ0v) is 11.9. The van der Waals surface area contributed by atoms with Crippen LogP contribution in [0.25, 0.3) is 0 Å². The highest BCUT2D eigenvalue weighted by Gasteiger charge is 2.27. The van der Waals surface area contributed by atoms with Crippen molar-refractivity contribution in [3.05, 3.63) is 23.9 Å². The molecule has 0 N–H and O–H groups in total. The number of pyridine rings is 1. The van der Waals surface area contributed by atoms with E-state index >= 15 is 0 Å². The third-order valence-electron chi connectivity index (χ3n) is 2.69. The van der Waals surface area contributed by atoms with E-state index in [2.05, 4.69) is 4.98 Å². The number of hydrogen-bond donors (Lipinski definition) is 0. The van der Waals surface area contributed by atoms with Crippen LogP contribution in [0.1, 0.15) is 23.7 Å². The molecule has 2 unspecified atom stereocenters. The third kappa shape index (κ3) is 3.27. The maximum Gasteiger partial charge on any atom is 0.259 e. The highest BCUT2D eigenvalue weighted by atomic mass is 35.5. The number of carbonyl (C=O) groups is 1. The van der Waals surface area contributed by atoms with Gasteiger partial charge in [-0.2, -0.15) is 0 Å². The van der Waals surface area contributed by atoms with Crippen LogP contribution in [0, 0.1) is 0 Å². The van der Waals surface area contributed by atoms with Crippen molar-refractivity contribution in [3.63, 3.8) is 0 Å². The largest absolute Gasteiger partial charge is 0.472 e. The second kappa shape index (κ2) is 6.25. The average Bonchev–Trinajstić information content (AvgIpc) is 2.37. The van der Waals surface area contributed by atoms with Gasteiger partial charge in [0.2, 0.25) is 5.88 Å². The molecule has 1 aromatic rings. The molecular weight excluding hydrogens is 275 g/mol. The van der Waals surface area contributed by atoms with Crippen LogP contribution in [0.15, 0.2) is 18.3 Å². The zero-order chi connectivity index (χ0) is 12.4. The minimum atomic E-state index is -0.104. The highest BCUT2D eigenvalue weighted by Crippen LogP contribution is 2.23. The lowest BCUT2D eigenvalue weighted by atomic mass is 10.2. The van der Waals surface area contributed by atoms with E-state index in [1.54, 1.807) is 30.3 Å². The molecule has 1 aliphatic heterocycles. The predicted molar refractivity (Wildman–Crippen MR) is 72.8 cm³/mol. The van der Waals surface area contributed by atoms with Gasteiger partial charge in [-0.25, -0.2) is 4.98 Å². The fourth-order valence-corrected chi connectivity index (χ4v) is 2.12. The summed E-state index contributed by atoms with van der Waals surface area (Å²) in [6.45, 7) is 2.45. The van der Waals surface area contributed by atoms with Crippen molar-refractivity contribution in [2.24, 2.45) is 0 Å². The van der Waals surface area contributed by atoms with Crippen LogP contribution in [-0.2, 0) is 0 Å². The van der Waals surface area contributed by atoms with Gasteiger partial charge in [-0.3, -0.25) is 4.79 Å². The Balaban J connectivity index is 0.00000162. The summed E-state index contributed by atoms with van der Waals surface area (Å²) in [5.41, 5.74) is 0.514. The summed E-state index contributed by atoms with van der Waals surface area (Å²) in [5, 5.41) is 0.00812. The van der Waals surface area contributed by atoms with Crippen LogP contribution in [-0.4, -0.2) is 40.9 Å². The fraction of sp³-hybridized carbons (Fsp3) is 0.500. The van der Waals surface area contributed by atoms with Crippen molar-refractivity contribution in [3.8, 4) is 5.88 Å². The molecule has 0 aliphatic carbocycles. The molecule has 0 bridgehead atoms. The molecule has 0 aromatic carbocycles. The summed E-state index contributed by atoms with van der Waals surface area (Å²) in [6.07, 6.45) is 2.21. The van der Waals surface area contributed by atoms with Crippen LogP contribution >= 0.6 is 24.0 Å². The van der Waals surface area contributed by atoms with E-state index < -0.39 is 0 Å². The second-order valence-corrected chi connectivity index (χ2v) is 5.04. The van der Waals surface area contributed by atoms with Crippen molar-refractivity contribution >= 4 is 29.9 Å². The monoisotopic (exact) mass is 290 g/mol. The van der Waals surface area contributed by atoms with Gasteiger partial charge in [-0.05, 0) is 19.1 Å². The number of fused-ring (bicyclic) bond motifs is 1. The molecule has 6 heteroatoms. The number of ether oxygens (including phenoxy) is 1. The molecule has 1 aliphatic rings. The lowest BCUT2D eigenvalue weighted by Crippen LogP contribution is -2.35. The maximum absolute atomic E-state index is 12.0. The minimum Gasteiger partial charge on any atom is -0.472 e. The Kier molecular flexibility index (Phi) is 5.23. The van der Waals surface area contributed by atoms with Gasteiger partial charge >= 0.3 is 0 Å². The van der Waals surface area contributed by atoms with Crippen LogP contribution in [0.3, 0.4) is 0 Å². The Morgan fingerprint density at radius 2 is 2.39 bits per heavy atom. The lowest BCUT2D eigenvalue weighted by molar-refractivity contribution is 0.0754. The zero-order valence-electron chi connectivity index (χ0n) is 10.3. The van der Waals surface area contributed by atoms with E-state index in [0.29, 0.717) is 24.4 Å². The van der Waals surface area contributed by atoms with E-state index in [-0.39, 0.29) is 29.8 Å². The Morgan fingerprint density at radius 3 is 3.06 bits per heavy atom. The molecule has 0 spiro atoms. The topological polar surface area (TPSA) is 42.4 Å². The Bertz CT molecular complexity index is 426. The lowest BCUT2D eigenvalue weighted by Gasteiger charge is -2.20. The molecular formula is C12H16Cl2N2O2. The van der Waals surface area contributed by atoms with Crippen molar-refractivity contribution in [2.45, 2.75) is 24.8 Å². The first-order chi connectivity index (χ1) is 8.08. The summed E-state index contributed by atoms with van der Waals surface area (Å²) >= 11 is 5.97. The van der Waals surface area contributed by atoms with E-state index in [4.69, 9.17) is 16.3 Å². The molecule has 100 valence electrons. The van der Waals surface area contributed by atoms with Gasteiger partial charge in [-0.1, -0.05) is 0 Å². The van der Waals surface area contributed by atoms with Gasteiger partial charge in [-0.15, -0.1) is 24.0 Å². The molecule has 2 heterocycles. The molecule has 18 heavy (non-hydrogen) atoms. The van der Waals surface area contributed by atoms with Gasteiger partial charge in [0, 0.05) is 25.0 Å². The normalized spacial score (nSPS) is 20.3. The van der Waals surface area contributed by atoms with Crippen molar-refractivity contribution in [1.29, 1.82) is 0 Å². The summed E-state index contributed by atoms with van der Waals surface area (Å²) in [6, 6.07) is 3.46. The number of carbonyl (C=O) groups excluding carboxylic acids is 1. The maximum atomic E-state index is 12.0. The second-order valence-electron chi connectivity index (χ2n) is 4.30. The van der Waals surface area contributed by atoms with E-state index in [9.17, 15) is 4.79 Å². The predicted octanol–water partition coefficient (Wildman–Crippen LogP) is 2.35. The molecule has 4 nitrogen and oxygen atoms in total. The smallest absolute Gasteiger partial charge is 0.259 e. The van der Waals surface area contributed by atoms with E-state index in [1.165, 1.54) is 0 Å². The van der Waals surface area contributed by atoms with Crippen LogP contribution < -0.4 is 4.74 Å². The number of amides is 1. The van der Waals surface area contributed by atoms with Gasteiger partial charge in [0.1, 0.15) is 11.7 Å². The van der Waals surface area contributed by atoms with Gasteiger partial charge in [0.25, 0.3) is 5.91 Å². The first-order valence-electron chi connectivity index (χ1n) is 5.59. The number of rotatable bonds is 2. The molecule has 1 aromatic heterocycles. The first kappa shape index (κ1) is 15.1. The quantitative estimate of drug-likeness (QED) is 0.786. The molecule has 0 radical (unpaired) electrons. The molecule has 2 atom stereocenters. The number of hydrogen-bond acceptors (Lipinski definition) is 3. The standard InChI is InChI=1S/C12H15ClN2O2.ClH/c1-8(13)6-9-7-15(2)12(16)10-4-3-5-14-11(10)17-9;/h3-5,8-9H,6-7H2,1-2H3;1H. The van der Waals surface area contributed by atoms with Gasteiger partial charge in [0.15, 0.2) is 0 Å². The minimum absolute atomic E-state index is 0.